The van der Waals surface area contributed by atoms with Crippen LogP contribution in [0.5, 0.6) is 0 Å². The Hall–Kier alpha value is -3.48. The lowest BCUT2D eigenvalue weighted by Crippen LogP contribution is -2.40. The van der Waals surface area contributed by atoms with Crippen molar-refractivity contribution < 1.29 is 9.72 Å². The van der Waals surface area contributed by atoms with Gasteiger partial charge in [-0.3, -0.25) is 14.9 Å². The number of hydrogen-bond acceptors (Lipinski definition) is 5. The van der Waals surface area contributed by atoms with Crippen LogP contribution in [0.4, 0.5) is 11.5 Å². The second-order valence-electron chi connectivity index (χ2n) is 7.77. The second-order valence-corrected chi connectivity index (χ2v) is 7.77. The number of carbonyl (C=O) groups is 1. The zero-order chi connectivity index (χ0) is 21.1. The van der Waals surface area contributed by atoms with Gasteiger partial charge in [-0.25, -0.2) is 4.98 Å². The number of pyridine rings is 1. The number of nitro benzene ring substituents is 1. The predicted octanol–water partition coefficient (Wildman–Crippen LogP) is 3.98. The highest BCUT2D eigenvalue weighted by Gasteiger charge is 2.25. The summed E-state index contributed by atoms with van der Waals surface area (Å²) >= 11 is 0. The van der Waals surface area contributed by atoms with Crippen LogP contribution in [0, 0.1) is 23.0 Å². The van der Waals surface area contributed by atoms with Gasteiger partial charge in [0.1, 0.15) is 5.82 Å². The molecule has 7 nitrogen and oxygen atoms in total. The first-order chi connectivity index (χ1) is 14.5. The molecule has 2 aromatic carbocycles. The number of aromatic nitrogens is 1. The molecule has 0 bridgehead atoms. The van der Waals surface area contributed by atoms with E-state index in [1.807, 2.05) is 31.2 Å². The molecule has 7 heteroatoms. The van der Waals surface area contributed by atoms with Crippen LogP contribution in [0.15, 0.2) is 54.6 Å². The number of nitro groups is 1. The smallest absolute Gasteiger partial charge is 0.270 e. The Bertz CT molecular complexity index is 1070. The lowest BCUT2D eigenvalue weighted by atomic mass is 9.95. The number of fused-ring (bicyclic) bond motifs is 1. The number of carbonyl (C=O) groups excluding carboxylic acids is 1. The van der Waals surface area contributed by atoms with Gasteiger partial charge in [0.25, 0.3) is 5.69 Å². The van der Waals surface area contributed by atoms with Crippen LogP contribution in [0.1, 0.15) is 24.0 Å². The first kappa shape index (κ1) is 19.8. The third kappa shape index (κ3) is 4.40. The largest absolute Gasteiger partial charge is 0.357 e. The Labute approximate surface area is 174 Å². The number of benzene rings is 2. The summed E-state index contributed by atoms with van der Waals surface area (Å²) in [6.07, 6.45) is 1.55. The number of amides is 1. The van der Waals surface area contributed by atoms with Gasteiger partial charge in [0.05, 0.1) is 10.4 Å². The highest BCUT2D eigenvalue weighted by Crippen LogP contribution is 2.26. The summed E-state index contributed by atoms with van der Waals surface area (Å²) in [7, 11) is 0. The predicted molar refractivity (Wildman–Crippen MR) is 116 cm³/mol. The van der Waals surface area contributed by atoms with Crippen LogP contribution < -0.4 is 10.2 Å². The van der Waals surface area contributed by atoms with E-state index in [0.29, 0.717) is 6.54 Å². The number of anilines is 1. The maximum absolute atomic E-state index is 12.5. The summed E-state index contributed by atoms with van der Waals surface area (Å²) in [6, 6.07) is 16.6. The molecule has 0 aliphatic carbocycles. The van der Waals surface area contributed by atoms with E-state index >= 15 is 0 Å². The molecular formula is C23H24N4O3. The van der Waals surface area contributed by atoms with Crippen molar-refractivity contribution in [2.75, 3.05) is 18.0 Å². The molecule has 0 saturated carbocycles. The van der Waals surface area contributed by atoms with Crippen LogP contribution in [0.3, 0.4) is 0 Å². The number of nitrogens with zero attached hydrogens (tertiary/aromatic N) is 3. The Morgan fingerprint density at radius 2 is 1.87 bits per heavy atom. The molecule has 1 fully saturated rings. The lowest BCUT2D eigenvalue weighted by molar-refractivity contribution is -0.384. The normalized spacial score (nSPS) is 14.6. The fourth-order valence-corrected chi connectivity index (χ4v) is 3.80. The fraction of sp³-hybridized carbons (Fsp3) is 0.304. The van der Waals surface area contributed by atoms with Gasteiger partial charge >= 0.3 is 0 Å². The number of aryl methyl sites for hydroxylation is 1. The summed E-state index contributed by atoms with van der Waals surface area (Å²) in [5.41, 5.74) is 3.11. The number of rotatable bonds is 5. The van der Waals surface area contributed by atoms with Gasteiger partial charge in [0.15, 0.2) is 0 Å². The maximum atomic E-state index is 12.5. The van der Waals surface area contributed by atoms with Gasteiger partial charge in [-0.2, -0.15) is 0 Å². The maximum Gasteiger partial charge on any atom is 0.270 e. The molecule has 2 heterocycles. The Kier molecular flexibility index (Phi) is 5.61. The molecule has 1 amide bonds. The number of hydrogen-bond donors (Lipinski definition) is 1. The SMILES string of the molecule is Cc1ccc(CNC(=O)C2CCN(c3ccc4cc([N+](=O)[O-])ccc4n3)CC2)cc1. The summed E-state index contributed by atoms with van der Waals surface area (Å²) in [4.78, 5) is 29.9. The molecule has 3 aromatic rings. The van der Waals surface area contributed by atoms with Gasteiger partial charge in [-0.05, 0) is 43.5 Å². The summed E-state index contributed by atoms with van der Waals surface area (Å²) in [5.74, 6) is 0.957. The van der Waals surface area contributed by atoms with Gasteiger partial charge < -0.3 is 10.2 Å². The molecule has 0 unspecified atom stereocenters. The number of non-ortho nitro benzene ring substituents is 1. The standard InChI is InChI=1S/C23H24N4O3/c1-16-2-4-17(5-3-16)15-24-23(28)18-10-12-26(13-11-18)22-9-6-19-14-20(27(29)30)7-8-21(19)25-22/h2-9,14,18H,10-13,15H2,1H3,(H,24,28). The van der Waals surface area contributed by atoms with E-state index < -0.39 is 4.92 Å². The molecule has 0 atom stereocenters. The number of piperidine rings is 1. The van der Waals surface area contributed by atoms with Gasteiger partial charge in [-0.1, -0.05) is 29.8 Å². The van der Waals surface area contributed by atoms with Crippen molar-refractivity contribution in [1.29, 1.82) is 0 Å². The van der Waals surface area contributed by atoms with Crippen LogP contribution in [-0.2, 0) is 11.3 Å². The van der Waals surface area contributed by atoms with Crippen LogP contribution in [0.2, 0.25) is 0 Å². The quantitative estimate of drug-likeness (QED) is 0.513. The van der Waals surface area contributed by atoms with E-state index in [9.17, 15) is 14.9 Å². The first-order valence-corrected chi connectivity index (χ1v) is 10.1. The minimum Gasteiger partial charge on any atom is -0.357 e. The monoisotopic (exact) mass is 404 g/mol. The molecule has 1 N–H and O–H groups in total. The summed E-state index contributed by atoms with van der Waals surface area (Å²) in [5, 5.41) is 14.7. The molecule has 154 valence electrons. The van der Waals surface area contributed by atoms with Gasteiger partial charge in [0.2, 0.25) is 5.91 Å². The fourth-order valence-electron chi connectivity index (χ4n) is 3.80. The van der Waals surface area contributed by atoms with E-state index in [0.717, 1.165) is 48.2 Å². The molecule has 0 radical (unpaired) electrons. The third-order valence-corrected chi connectivity index (χ3v) is 5.65. The Balaban J connectivity index is 1.34. The van der Waals surface area contributed by atoms with Crippen LogP contribution in [-0.4, -0.2) is 28.9 Å². The Morgan fingerprint density at radius 3 is 2.57 bits per heavy atom. The first-order valence-electron chi connectivity index (χ1n) is 10.1. The molecule has 30 heavy (non-hydrogen) atoms. The minimum absolute atomic E-state index is 0.00908. The zero-order valence-corrected chi connectivity index (χ0v) is 16.9. The Morgan fingerprint density at radius 1 is 1.13 bits per heavy atom. The van der Waals surface area contributed by atoms with Gasteiger partial charge in [0, 0.05) is 43.1 Å². The van der Waals surface area contributed by atoms with Crippen molar-refractivity contribution in [2.45, 2.75) is 26.3 Å². The average Bonchev–Trinajstić information content (AvgIpc) is 2.78. The minimum atomic E-state index is -0.401. The van der Waals surface area contributed by atoms with Crippen molar-refractivity contribution in [3.05, 3.63) is 75.8 Å². The molecule has 0 spiro atoms. The molecule has 1 aliphatic rings. The molecular weight excluding hydrogens is 380 g/mol. The summed E-state index contributed by atoms with van der Waals surface area (Å²) in [6.45, 7) is 4.12. The van der Waals surface area contributed by atoms with Crippen molar-refractivity contribution >= 4 is 28.3 Å². The van der Waals surface area contributed by atoms with Crippen molar-refractivity contribution in [3.63, 3.8) is 0 Å². The van der Waals surface area contributed by atoms with Crippen molar-refractivity contribution in [2.24, 2.45) is 5.92 Å². The molecule has 1 aliphatic heterocycles. The molecule has 4 rings (SSSR count). The van der Waals surface area contributed by atoms with Crippen molar-refractivity contribution in [1.82, 2.24) is 10.3 Å². The van der Waals surface area contributed by atoms with E-state index in [-0.39, 0.29) is 17.5 Å². The molecule has 1 aromatic heterocycles. The van der Waals surface area contributed by atoms with E-state index in [4.69, 9.17) is 0 Å². The number of nitrogens with one attached hydrogen (secondary N) is 1. The summed E-state index contributed by atoms with van der Waals surface area (Å²) < 4.78 is 0. The van der Waals surface area contributed by atoms with Crippen LogP contribution >= 0.6 is 0 Å². The van der Waals surface area contributed by atoms with E-state index in [2.05, 4.69) is 27.3 Å². The highest BCUT2D eigenvalue weighted by atomic mass is 16.6. The lowest BCUT2D eigenvalue weighted by Gasteiger charge is -2.32. The van der Waals surface area contributed by atoms with E-state index in [1.165, 1.54) is 17.7 Å². The van der Waals surface area contributed by atoms with Crippen LogP contribution in [0.25, 0.3) is 10.9 Å². The average molecular weight is 404 g/mol. The highest BCUT2D eigenvalue weighted by molar-refractivity contribution is 5.83. The van der Waals surface area contributed by atoms with E-state index in [1.54, 1.807) is 6.07 Å². The third-order valence-electron chi connectivity index (χ3n) is 5.65. The van der Waals surface area contributed by atoms with Crippen molar-refractivity contribution in [3.8, 4) is 0 Å². The second kappa shape index (κ2) is 8.49. The topological polar surface area (TPSA) is 88.4 Å². The zero-order valence-electron chi connectivity index (χ0n) is 16.9. The molecule has 1 saturated heterocycles. The van der Waals surface area contributed by atoms with Gasteiger partial charge in [-0.15, -0.1) is 0 Å².